The number of rotatable bonds is 4. The Hall–Kier alpha value is -0.370. The van der Waals surface area contributed by atoms with Gasteiger partial charge in [-0.15, -0.1) is 0 Å². The summed E-state index contributed by atoms with van der Waals surface area (Å²) in [6.07, 6.45) is -3.37. The van der Waals surface area contributed by atoms with Gasteiger partial charge in [-0.25, -0.2) is 0 Å². The minimum absolute atomic E-state index is 0.0402. The first-order valence-corrected chi connectivity index (χ1v) is 6.62. The van der Waals surface area contributed by atoms with Gasteiger partial charge in [-0.3, -0.25) is 0 Å². The van der Waals surface area contributed by atoms with Crippen LogP contribution in [0.1, 0.15) is 32.1 Å². The summed E-state index contributed by atoms with van der Waals surface area (Å²) in [5.41, 5.74) is 5.94. The molecule has 1 aliphatic heterocycles. The molecule has 2 N–H and O–H groups in total. The van der Waals surface area contributed by atoms with Crippen LogP contribution in [0.25, 0.3) is 0 Å². The monoisotopic (exact) mass is 283 g/mol. The highest BCUT2D eigenvalue weighted by atomic mass is 19.4. The second-order valence-corrected chi connectivity index (χ2v) is 5.14. The van der Waals surface area contributed by atoms with Gasteiger partial charge in [-0.2, -0.15) is 13.2 Å². The Labute approximate surface area is 110 Å². The van der Waals surface area contributed by atoms with Crippen molar-refractivity contribution in [3.8, 4) is 0 Å². The molecule has 0 amide bonds. The van der Waals surface area contributed by atoms with Gasteiger partial charge < -0.3 is 19.9 Å². The predicted molar refractivity (Wildman–Crippen MR) is 61.5 cm³/mol. The van der Waals surface area contributed by atoms with E-state index in [1.807, 2.05) is 0 Å². The molecule has 112 valence electrons. The Morgan fingerprint density at radius 1 is 1.26 bits per heavy atom. The van der Waals surface area contributed by atoms with Gasteiger partial charge in [-0.1, -0.05) is 0 Å². The Bertz CT molecular complexity index is 292. The molecule has 7 heteroatoms. The number of halogens is 3. The van der Waals surface area contributed by atoms with E-state index in [4.69, 9.17) is 19.9 Å². The molecule has 1 aliphatic carbocycles. The number of ether oxygens (including phenoxy) is 3. The van der Waals surface area contributed by atoms with Gasteiger partial charge in [0.1, 0.15) is 0 Å². The van der Waals surface area contributed by atoms with Crippen LogP contribution < -0.4 is 5.73 Å². The quantitative estimate of drug-likeness (QED) is 0.801. The van der Waals surface area contributed by atoms with Gasteiger partial charge in [0.25, 0.3) is 0 Å². The lowest BCUT2D eigenvalue weighted by Crippen LogP contribution is -2.50. The molecule has 0 bridgehead atoms. The average Bonchev–Trinajstić information content (AvgIpc) is 2.77. The van der Waals surface area contributed by atoms with Crippen LogP contribution in [0, 0.1) is 0 Å². The zero-order valence-electron chi connectivity index (χ0n) is 10.7. The molecule has 0 radical (unpaired) electrons. The van der Waals surface area contributed by atoms with Crippen molar-refractivity contribution >= 4 is 0 Å². The lowest BCUT2D eigenvalue weighted by molar-refractivity contribution is -0.206. The molecule has 1 saturated heterocycles. The molecule has 0 aromatic rings. The summed E-state index contributed by atoms with van der Waals surface area (Å²) >= 11 is 0. The molecule has 0 aromatic carbocycles. The molecular formula is C12H20F3NO3. The van der Waals surface area contributed by atoms with Crippen molar-refractivity contribution < 1.29 is 27.4 Å². The Morgan fingerprint density at radius 2 is 1.95 bits per heavy atom. The van der Waals surface area contributed by atoms with Crippen molar-refractivity contribution in [2.75, 3.05) is 19.8 Å². The van der Waals surface area contributed by atoms with Crippen LogP contribution in [0.5, 0.6) is 0 Å². The number of nitrogens with two attached hydrogens (primary N) is 1. The smallest absolute Gasteiger partial charge is 0.376 e. The number of alkyl halides is 3. The summed E-state index contributed by atoms with van der Waals surface area (Å²) in [6.45, 7) is 1.17. The van der Waals surface area contributed by atoms with Crippen LogP contribution in [0.4, 0.5) is 13.2 Å². The maximum Gasteiger partial charge on any atom is 0.389 e. The minimum Gasteiger partial charge on any atom is -0.376 e. The fourth-order valence-electron chi connectivity index (χ4n) is 2.58. The van der Waals surface area contributed by atoms with E-state index < -0.39 is 18.4 Å². The molecule has 2 rings (SSSR count). The number of hydrogen-bond donors (Lipinski definition) is 1. The van der Waals surface area contributed by atoms with Crippen LogP contribution in [-0.4, -0.2) is 43.9 Å². The first-order valence-electron chi connectivity index (χ1n) is 6.62. The highest BCUT2D eigenvalue weighted by molar-refractivity contribution is 4.90. The Kier molecular flexibility index (Phi) is 4.70. The van der Waals surface area contributed by atoms with Gasteiger partial charge in [0.15, 0.2) is 5.79 Å². The van der Waals surface area contributed by atoms with Crippen molar-refractivity contribution in [2.24, 2.45) is 5.73 Å². The van der Waals surface area contributed by atoms with E-state index in [2.05, 4.69) is 0 Å². The van der Waals surface area contributed by atoms with Crippen molar-refractivity contribution in [3.05, 3.63) is 0 Å². The lowest BCUT2D eigenvalue weighted by Gasteiger charge is -2.39. The highest BCUT2D eigenvalue weighted by Crippen LogP contribution is 2.36. The largest absolute Gasteiger partial charge is 0.389 e. The zero-order valence-corrected chi connectivity index (χ0v) is 10.7. The van der Waals surface area contributed by atoms with Crippen molar-refractivity contribution in [2.45, 2.75) is 56.2 Å². The van der Waals surface area contributed by atoms with Crippen LogP contribution >= 0.6 is 0 Å². The fraction of sp³-hybridized carbons (Fsp3) is 1.00. The van der Waals surface area contributed by atoms with Crippen LogP contribution in [0.2, 0.25) is 0 Å². The summed E-state index contributed by atoms with van der Waals surface area (Å²) in [4.78, 5) is 0. The first-order chi connectivity index (χ1) is 8.90. The van der Waals surface area contributed by atoms with E-state index in [0.717, 1.165) is 6.42 Å². The first kappa shape index (κ1) is 15.0. The SMILES string of the molecule is NC1CCC2(CC1OCCCC(F)(F)F)OCCO2. The van der Waals surface area contributed by atoms with Crippen molar-refractivity contribution in [1.82, 2.24) is 0 Å². The molecule has 2 aliphatic rings. The van der Waals surface area contributed by atoms with E-state index in [1.54, 1.807) is 0 Å². The van der Waals surface area contributed by atoms with Gasteiger partial charge >= 0.3 is 6.18 Å². The lowest BCUT2D eigenvalue weighted by atomic mass is 9.88. The van der Waals surface area contributed by atoms with Crippen molar-refractivity contribution in [1.29, 1.82) is 0 Å². The van der Waals surface area contributed by atoms with Crippen LogP contribution in [0.3, 0.4) is 0 Å². The second kappa shape index (κ2) is 5.95. The van der Waals surface area contributed by atoms with Gasteiger partial charge in [0.2, 0.25) is 0 Å². The van der Waals surface area contributed by atoms with Crippen molar-refractivity contribution in [3.63, 3.8) is 0 Å². The van der Waals surface area contributed by atoms with Gasteiger partial charge in [0.05, 0.1) is 19.3 Å². The molecule has 1 saturated carbocycles. The third-order valence-corrected chi connectivity index (χ3v) is 3.60. The van der Waals surface area contributed by atoms with Crippen LogP contribution in [0.15, 0.2) is 0 Å². The highest BCUT2D eigenvalue weighted by Gasteiger charge is 2.44. The molecule has 1 heterocycles. The second-order valence-electron chi connectivity index (χ2n) is 5.14. The third kappa shape index (κ3) is 4.30. The van der Waals surface area contributed by atoms with E-state index in [1.165, 1.54) is 0 Å². The fourth-order valence-corrected chi connectivity index (χ4v) is 2.58. The maximum atomic E-state index is 12.0. The summed E-state index contributed by atoms with van der Waals surface area (Å²) in [6, 6.07) is -0.163. The normalized spacial score (nSPS) is 30.9. The summed E-state index contributed by atoms with van der Waals surface area (Å²) < 4.78 is 52.7. The third-order valence-electron chi connectivity index (χ3n) is 3.60. The van der Waals surface area contributed by atoms with E-state index in [0.29, 0.717) is 26.1 Å². The number of hydrogen-bond acceptors (Lipinski definition) is 4. The van der Waals surface area contributed by atoms with Crippen LogP contribution in [-0.2, 0) is 14.2 Å². The molecule has 2 atom stereocenters. The molecule has 0 aromatic heterocycles. The van der Waals surface area contributed by atoms with Gasteiger partial charge in [0, 0.05) is 31.9 Å². The maximum absolute atomic E-state index is 12.0. The standard InChI is InChI=1S/C12H20F3NO3/c13-12(14,15)3-1-5-17-10-8-11(4-2-9(10)16)18-6-7-19-11/h9-10H,1-8,16H2. The van der Waals surface area contributed by atoms with E-state index >= 15 is 0 Å². The summed E-state index contributed by atoms with van der Waals surface area (Å²) in [5, 5.41) is 0. The van der Waals surface area contributed by atoms with E-state index in [9.17, 15) is 13.2 Å². The molecular weight excluding hydrogens is 263 g/mol. The minimum atomic E-state index is -4.13. The topological polar surface area (TPSA) is 53.7 Å². The average molecular weight is 283 g/mol. The predicted octanol–water partition coefficient (Wildman–Crippen LogP) is 1.97. The zero-order chi connectivity index (χ0) is 13.9. The molecule has 4 nitrogen and oxygen atoms in total. The molecule has 2 fully saturated rings. The Morgan fingerprint density at radius 3 is 2.58 bits per heavy atom. The summed E-state index contributed by atoms with van der Waals surface area (Å²) in [5.74, 6) is -0.620. The molecule has 1 spiro atoms. The summed E-state index contributed by atoms with van der Waals surface area (Å²) in [7, 11) is 0. The molecule has 2 unspecified atom stereocenters. The van der Waals surface area contributed by atoms with Gasteiger partial charge in [-0.05, 0) is 12.8 Å². The van der Waals surface area contributed by atoms with E-state index in [-0.39, 0.29) is 25.2 Å². The Balaban J connectivity index is 1.75. The molecule has 19 heavy (non-hydrogen) atoms.